The Morgan fingerprint density at radius 2 is 1.85 bits per heavy atom. The number of nitrogens with one attached hydrogen (secondary N) is 1. The van der Waals surface area contributed by atoms with Gasteiger partial charge in [0, 0.05) is 24.9 Å². The van der Waals surface area contributed by atoms with Gasteiger partial charge in [-0.05, 0) is 37.3 Å². The average Bonchev–Trinajstić information content (AvgIpc) is 2.61. The number of rotatable bonds is 7. The zero-order valence-corrected chi connectivity index (χ0v) is 15.8. The molecule has 2 rings (SSSR count). The van der Waals surface area contributed by atoms with Crippen molar-refractivity contribution in [2.75, 3.05) is 22.9 Å². The van der Waals surface area contributed by atoms with Crippen LogP contribution in [0.1, 0.15) is 6.92 Å². The summed E-state index contributed by atoms with van der Waals surface area (Å²) in [5.74, 6) is -0.102. The average molecular weight is 393 g/mol. The van der Waals surface area contributed by atoms with Crippen LogP contribution in [0.4, 0.5) is 17.1 Å². The number of hydrogen-bond donors (Lipinski definition) is 1. The van der Waals surface area contributed by atoms with Crippen molar-refractivity contribution in [3.8, 4) is 5.75 Å². The van der Waals surface area contributed by atoms with Crippen molar-refractivity contribution in [3.05, 3.63) is 58.6 Å². The second-order valence-corrected chi connectivity index (χ2v) is 7.79. The van der Waals surface area contributed by atoms with Gasteiger partial charge >= 0.3 is 0 Å². The number of carbonyl (C=O) groups excluding carboxylic acids is 1. The summed E-state index contributed by atoms with van der Waals surface area (Å²) in [6.07, 6.45) is 0.223. The highest BCUT2D eigenvalue weighted by atomic mass is 32.2. The molecule has 1 atom stereocenters. The van der Waals surface area contributed by atoms with Crippen LogP contribution in [0.3, 0.4) is 0 Å². The van der Waals surface area contributed by atoms with Gasteiger partial charge in [0.2, 0.25) is 10.0 Å². The van der Waals surface area contributed by atoms with Gasteiger partial charge in [-0.1, -0.05) is 6.07 Å². The summed E-state index contributed by atoms with van der Waals surface area (Å²) in [4.78, 5) is 22.4. The van der Waals surface area contributed by atoms with E-state index in [1.165, 1.54) is 38.2 Å². The van der Waals surface area contributed by atoms with Crippen molar-refractivity contribution < 1.29 is 22.9 Å². The number of carbonyl (C=O) groups is 1. The van der Waals surface area contributed by atoms with Crippen LogP contribution in [-0.4, -0.2) is 38.7 Å². The Bertz CT molecular complexity index is 943. The number of hydrogen-bond acceptors (Lipinski definition) is 6. The number of nitro benzene ring substituents is 1. The van der Waals surface area contributed by atoms with Gasteiger partial charge in [0.05, 0.1) is 16.9 Å². The molecular weight excluding hydrogens is 374 g/mol. The predicted octanol–water partition coefficient (Wildman–Crippen LogP) is 2.40. The normalized spacial score (nSPS) is 12.1. The molecule has 0 aliphatic heterocycles. The minimum absolute atomic E-state index is 0.132. The van der Waals surface area contributed by atoms with Crippen molar-refractivity contribution in [1.29, 1.82) is 0 Å². The Morgan fingerprint density at radius 3 is 2.41 bits per heavy atom. The Morgan fingerprint density at radius 1 is 1.22 bits per heavy atom. The van der Waals surface area contributed by atoms with Gasteiger partial charge in [0.25, 0.3) is 11.6 Å². The quantitative estimate of drug-likeness (QED) is 0.570. The molecule has 0 aliphatic rings. The molecular formula is C17H19N3O6S. The van der Waals surface area contributed by atoms with Gasteiger partial charge in [0.1, 0.15) is 5.75 Å². The first-order chi connectivity index (χ1) is 12.6. The van der Waals surface area contributed by atoms with E-state index >= 15 is 0 Å². The minimum atomic E-state index is -3.37. The third-order valence-corrected chi connectivity index (χ3v) is 4.91. The van der Waals surface area contributed by atoms with Crippen LogP contribution in [0.5, 0.6) is 5.75 Å². The summed E-state index contributed by atoms with van der Waals surface area (Å²) in [6.45, 7) is 1.53. The fourth-order valence-corrected chi connectivity index (χ4v) is 2.63. The van der Waals surface area contributed by atoms with Crippen molar-refractivity contribution in [2.24, 2.45) is 0 Å². The standard InChI is InChI=1S/C17H19N3O6S/c1-12(17(21)18-13-5-4-6-15(11-13)20(22)23)26-16-9-7-14(8-10-16)19(2)27(3,24)25/h4-12H,1-3H3,(H,18,21)/t12-/m0/s1. The molecule has 1 amide bonds. The van der Waals surface area contributed by atoms with E-state index in [-0.39, 0.29) is 11.4 Å². The van der Waals surface area contributed by atoms with E-state index in [9.17, 15) is 23.3 Å². The highest BCUT2D eigenvalue weighted by Gasteiger charge is 2.17. The van der Waals surface area contributed by atoms with Crippen LogP contribution in [0.25, 0.3) is 0 Å². The lowest BCUT2D eigenvalue weighted by molar-refractivity contribution is -0.384. The van der Waals surface area contributed by atoms with Gasteiger partial charge in [-0.15, -0.1) is 0 Å². The molecule has 0 spiro atoms. The molecule has 0 aliphatic carbocycles. The highest BCUT2D eigenvalue weighted by molar-refractivity contribution is 7.92. The lowest BCUT2D eigenvalue weighted by atomic mass is 10.2. The smallest absolute Gasteiger partial charge is 0.271 e. The summed E-state index contributed by atoms with van der Waals surface area (Å²) in [5, 5.41) is 13.3. The van der Waals surface area contributed by atoms with Crippen molar-refractivity contribution in [3.63, 3.8) is 0 Å². The lowest BCUT2D eigenvalue weighted by Gasteiger charge is -2.18. The Balaban J connectivity index is 2.02. The second-order valence-electron chi connectivity index (χ2n) is 5.78. The van der Waals surface area contributed by atoms with E-state index < -0.39 is 27.0 Å². The van der Waals surface area contributed by atoms with Crippen LogP contribution in [0, 0.1) is 10.1 Å². The maximum Gasteiger partial charge on any atom is 0.271 e. The van der Waals surface area contributed by atoms with E-state index in [1.54, 1.807) is 24.3 Å². The summed E-state index contributed by atoms with van der Waals surface area (Å²) in [6, 6.07) is 11.8. The molecule has 2 aromatic rings. The molecule has 1 N–H and O–H groups in total. The molecule has 27 heavy (non-hydrogen) atoms. The van der Waals surface area contributed by atoms with Gasteiger partial charge < -0.3 is 10.1 Å². The molecule has 0 saturated carbocycles. The van der Waals surface area contributed by atoms with E-state index in [2.05, 4.69) is 5.32 Å². The monoisotopic (exact) mass is 393 g/mol. The third kappa shape index (κ3) is 5.42. The predicted molar refractivity (Wildman–Crippen MR) is 102 cm³/mol. The topological polar surface area (TPSA) is 119 Å². The maximum absolute atomic E-state index is 12.2. The number of sulfonamides is 1. The van der Waals surface area contributed by atoms with Crippen LogP contribution in [0.2, 0.25) is 0 Å². The number of nitro groups is 1. The second kappa shape index (κ2) is 8.04. The Hall–Kier alpha value is -3.14. The van der Waals surface area contributed by atoms with E-state index in [0.717, 1.165) is 10.6 Å². The first-order valence-electron chi connectivity index (χ1n) is 7.84. The lowest BCUT2D eigenvalue weighted by Crippen LogP contribution is -2.30. The van der Waals surface area contributed by atoms with E-state index in [4.69, 9.17) is 4.74 Å². The van der Waals surface area contributed by atoms with Crippen molar-refractivity contribution in [2.45, 2.75) is 13.0 Å². The van der Waals surface area contributed by atoms with Crippen LogP contribution < -0.4 is 14.4 Å². The number of anilines is 2. The number of ether oxygens (including phenoxy) is 1. The number of non-ortho nitro benzene ring substituents is 1. The van der Waals surface area contributed by atoms with Crippen LogP contribution in [-0.2, 0) is 14.8 Å². The van der Waals surface area contributed by atoms with Gasteiger partial charge in [0.15, 0.2) is 6.10 Å². The largest absolute Gasteiger partial charge is 0.481 e. The van der Waals surface area contributed by atoms with Crippen LogP contribution >= 0.6 is 0 Å². The molecule has 0 bridgehead atoms. The summed E-state index contributed by atoms with van der Waals surface area (Å²) in [5.41, 5.74) is 0.611. The van der Waals surface area contributed by atoms with Crippen molar-refractivity contribution in [1.82, 2.24) is 0 Å². The minimum Gasteiger partial charge on any atom is -0.481 e. The highest BCUT2D eigenvalue weighted by Crippen LogP contribution is 2.22. The third-order valence-electron chi connectivity index (χ3n) is 3.70. The SMILES string of the molecule is C[C@H](Oc1ccc(N(C)S(C)(=O)=O)cc1)C(=O)Nc1cccc([N+](=O)[O-])c1. The molecule has 0 aromatic heterocycles. The Kier molecular flexibility index (Phi) is 6.01. The number of nitrogens with zero attached hydrogens (tertiary/aromatic N) is 2. The summed E-state index contributed by atoms with van der Waals surface area (Å²) < 4.78 is 29.7. The molecule has 10 heteroatoms. The molecule has 0 radical (unpaired) electrons. The van der Waals surface area contributed by atoms with Gasteiger partial charge in [-0.2, -0.15) is 0 Å². The van der Waals surface area contributed by atoms with E-state index in [1.807, 2.05) is 0 Å². The molecule has 0 unspecified atom stereocenters. The van der Waals surface area contributed by atoms with Crippen LogP contribution in [0.15, 0.2) is 48.5 Å². The molecule has 144 valence electrons. The van der Waals surface area contributed by atoms with E-state index in [0.29, 0.717) is 11.4 Å². The zero-order chi connectivity index (χ0) is 20.2. The number of amides is 1. The fraction of sp³-hybridized carbons (Fsp3) is 0.235. The summed E-state index contributed by atoms with van der Waals surface area (Å²) in [7, 11) is -1.94. The first-order valence-corrected chi connectivity index (χ1v) is 9.68. The zero-order valence-electron chi connectivity index (χ0n) is 14.9. The maximum atomic E-state index is 12.2. The molecule has 0 fully saturated rings. The molecule has 9 nitrogen and oxygen atoms in total. The number of benzene rings is 2. The first kappa shape index (κ1) is 20.2. The Labute approximate surface area is 156 Å². The molecule has 2 aromatic carbocycles. The fourth-order valence-electron chi connectivity index (χ4n) is 2.12. The van der Waals surface area contributed by atoms with Crippen molar-refractivity contribution >= 4 is 33.0 Å². The van der Waals surface area contributed by atoms with Gasteiger partial charge in [-0.25, -0.2) is 8.42 Å². The molecule has 0 heterocycles. The summed E-state index contributed by atoms with van der Waals surface area (Å²) >= 11 is 0. The van der Waals surface area contributed by atoms with Gasteiger partial charge in [-0.3, -0.25) is 19.2 Å². The molecule has 0 saturated heterocycles.